The second-order valence-corrected chi connectivity index (χ2v) is 5.91. The average molecular weight is 445 g/mol. The molecule has 0 spiro atoms. The maximum atomic E-state index is 12.6. The molecule has 2 N–H and O–H groups in total. The van der Waals surface area contributed by atoms with Crippen LogP contribution in [0.25, 0.3) is 0 Å². The summed E-state index contributed by atoms with van der Waals surface area (Å²) in [7, 11) is 3.65. The van der Waals surface area contributed by atoms with Gasteiger partial charge in [-0.2, -0.15) is 18.3 Å². The summed E-state index contributed by atoms with van der Waals surface area (Å²) in [4.78, 5) is 6.17. The molecule has 0 unspecified atom stereocenters. The minimum Gasteiger partial charge on any atom is -0.370 e. The van der Waals surface area contributed by atoms with E-state index in [1.807, 2.05) is 20.3 Å². The summed E-state index contributed by atoms with van der Waals surface area (Å²) in [5.41, 5.74) is 6.95. The molecular weight excluding hydrogens is 422 g/mol. The van der Waals surface area contributed by atoms with Gasteiger partial charge in [-0.1, -0.05) is 0 Å². The van der Waals surface area contributed by atoms with Crippen molar-refractivity contribution in [3.05, 3.63) is 18.0 Å². The summed E-state index contributed by atoms with van der Waals surface area (Å²) in [5.74, 6) is -0.826. The van der Waals surface area contributed by atoms with Crippen molar-refractivity contribution in [3.63, 3.8) is 0 Å². The Bertz CT molecular complexity index is 521. The zero-order chi connectivity index (χ0) is 16.3. The first kappa shape index (κ1) is 20.0. The average Bonchev–Trinajstić information content (AvgIpc) is 2.83. The predicted molar refractivity (Wildman–Crippen MR) is 93.5 cm³/mol. The van der Waals surface area contributed by atoms with Gasteiger partial charge in [0.1, 0.15) is 0 Å². The van der Waals surface area contributed by atoms with Crippen molar-refractivity contribution in [1.29, 1.82) is 0 Å². The van der Waals surface area contributed by atoms with Crippen LogP contribution in [0.4, 0.5) is 13.2 Å². The fourth-order valence-corrected chi connectivity index (χ4v) is 2.73. The number of nitrogens with two attached hydrogens (primary N) is 1. The Morgan fingerprint density at radius 2 is 2.00 bits per heavy atom. The van der Waals surface area contributed by atoms with Crippen LogP contribution in [-0.4, -0.2) is 39.9 Å². The zero-order valence-electron chi connectivity index (χ0n) is 13.3. The third-order valence-electron chi connectivity index (χ3n) is 4.04. The third-order valence-corrected chi connectivity index (χ3v) is 4.04. The maximum absolute atomic E-state index is 12.6. The van der Waals surface area contributed by atoms with Gasteiger partial charge in [0.25, 0.3) is 0 Å². The van der Waals surface area contributed by atoms with E-state index in [0.29, 0.717) is 25.3 Å². The van der Waals surface area contributed by atoms with E-state index in [2.05, 4.69) is 10.1 Å². The highest BCUT2D eigenvalue weighted by atomic mass is 127. The standard InChI is InChI=1S/C14H22F3N5.HI/c1-21(8-10-7-19-22(2)9-10)13(18)20-12-5-3-11(4-6-12)14(15,16)17;/h7,9,11-12H,3-6,8H2,1-2H3,(H2,18,20);1H. The fraction of sp³-hybridized carbons (Fsp3) is 0.714. The van der Waals surface area contributed by atoms with Gasteiger partial charge < -0.3 is 10.6 Å². The number of hydrogen-bond donors (Lipinski definition) is 1. The zero-order valence-corrected chi connectivity index (χ0v) is 15.6. The van der Waals surface area contributed by atoms with E-state index in [4.69, 9.17) is 5.73 Å². The third kappa shape index (κ3) is 5.85. The van der Waals surface area contributed by atoms with Gasteiger partial charge >= 0.3 is 6.18 Å². The molecule has 9 heteroatoms. The molecule has 1 saturated carbocycles. The monoisotopic (exact) mass is 445 g/mol. The number of alkyl halides is 3. The molecule has 1 aromatic rings. The van der Waals surface area contributed by atoms with Crippen LogP contribution in [0.1, 0.15) is 31.2 Å². The van der Waals surface area contributed by atoms with Gasteiger partial charge in [0.2, 0.25) is 0 Å². The number of hydrogen-bond acceptors (Lipinski definition) is 2. The Labute approximate surface area is 151 Å². The summed E-state index contributed by atoms with van der Waals surface area (Å²) in [6.07, 6.45) is 0.694. The van der Waals surface area contributed by atoms with E-state index < -0.39 is 12.1 Å². The van der Waals surface area contributed by atoms with E-state index >= 15 is 0 Å². The molecule has 1 aliphatic carbocycles. The molecule has 0 amide bonds. The largest absolute Gasteiger partial charge is 0.391 e. The maximum Gasteiger partial charge on any atom is 0.391 e. The molecule has 1 heterocycles. The molecule has 23 heavy (non-hydrogen) atoms. The summed E-state index contributed by atoms with van der Waals surface area (Å²) >= 11 is 0. The molecule has 1 aliphatic rings. The quantitative estimate of drug-likeness (QED) is 0.443. The number of aryl methyl sites for hydroxylation is 1. The van der Waals surface area contributed by atoms with E-state index in [1.165, 1.54) is 0 Å². The second kappa shape index (κ2) is 8.20. The Hall–Kier alpha value is -1.00. The molecule has 5 nitrogen and oxygen atoms in total. The minimum atomic E-state index is -4.09. The highest BCUT2D eigenvalue weighted by Gasteiger charge is 2.41. The highest BCUT2D eigenvalue weighted by molar-refractivity contribution is 14.0. The molecule has 1 aromatic heterocycles. The van der Waals surface area contributed by atoms with Crippen molar-refractivity contribution in [1.82, 2.24) is 14.7 Å². The predicted octanol–water partition coefficient (Wildman–Crippen LogP) is 2.91. The molecule has 132 valence electrons. The molecule has 1 fully saturated rings. The highest BCUT2D eigenvalue weighted by Crippen LogP contribution is 2.38. The normalized spacial score (nSPS) is 22.6. The molecule has 0 aliphatic heterocycles. The van der Waals surface area contributed by atoms with Crippen LogP contribution in [0.2, 0.25) is 0 Å². The topological polar surface area (TPSA) is 59.4 Å². The van der Waals surface area contributed by atoms with Gasteiger partial charge in [-0.05, 0) is 25.7 Å². The summed E-state index contributed by atoms with van der Waals surface area (Å²) in [6.45, 7) is 0.571. The van der Waals surface area contributed by atoms with Crippen molar-refractivity contribution in [2.75, 3.05) is 7.05 Å². The number of aromatic nitrogens is 2. The first-order chi connectivity index (χ1) is 10.3. The molecule has 0 saturated heterocycles. The lowest BCUT2D eigenvalue weighted by molar-refractivity contribution is -0.182. The molecular formula is C14H23F3IN5. The lowest BCUT2D eigenvalue weighted by Gasteiger charge is -2.28. The Morgan fingerprint density at radius 1 is 1.39 bits per heavy atom. The van der Waals surface area contributed by atoms with E-state index in [9.17, 15) is 13.2 Å². The van der Waals surface area contributed by atoms with Gasteiger partial charge in [0, 0.05) is 32.4 Å². The Morgan fingerprint density at radius 3 is 2.48 bits per heavy atom. The van der Waals surface area contributed by atoms with E-state index in [0.717, 1.165) is 5.56 Å². The van der Waals surface area contributed by atoms with Crippen LogP contribution in [0, 0.1) is 5.92 Å². The number of guanidine groups is 1. The number of halogens is 4. The lowest BCUT2D eigenvalue weighted by atomic mass is 9.86. The van der Waals surface area contributed by atoms with E-state index in [1.54, 1.807) is 15.8 Å². The van der Waals surface area contributed by atoms with Crippen molar-refractivity contribution >= 4 is 29.9 Å². The van der Waals surface area contributed by atoms with Crippen LogP contribution in [0.3, 0.4) is 0 Å². The Kier molecular flexibility index (Phi) is 7.15. The van der Waals surface area contributed by atoms with Gasteiger partial charge in [-0.15, -0.1) is 24.0 Å². The summed E-state index contributed by atoms with van der Waals surface area (Å²) in [5, 5.41) is 4.08. The number of nitrogens with zero attached hydrogens (tertiary/aromatic N) is 4. The van der Waals surface area contributed by atoms with Crippen LogP contribution < -0.4 is 5.73 Å². The van der Waals surface area contributed by atoms with Crippen molar-refractivity contribution in [3.8, 4) is 0 Å². The summed E-state index contributed by atoms with van der Waals surface area (Å²) < 4.78 is 39.6. The van der Waals surface area contributed by atoms with Crippen molar-refractivity contribution in [2.24, 2.45) is 23.7 Å². The van der Waals surface area contributed by atoms with Crippen LogP contribution in [-0.2, 0) is 13.6 Å². The molecule has 2 rings (SSSR count). The van der Waals surface area contributed by atoms with Crippen LogP contribution in [0.15, 0.2) is 17.4 Å². The first-order valence-electron chi connectivity index (χ1n) is 7.34. The molecule has 0 radical (unpaired) electrons. The Balaban J connectivity index is 0.00000264. The van der Waals surface area contributed by atoms with Gasteiger partial charge in [0.15, 0.2) is 5.96 Å². The molecule has 0 atom stereocenters. The van der Waals surface area contributed by atoms with Crippen LogP contribution >= 0.6 is 24.0 Å². The smallest absolute Gasteiger partial charge is 0.370 e. The SMILES string of the molecule is CN(Cc1cnn(C)c1)C(N)=NC1CCC(C(F)(F)F)CC1.I. The van der Waals surface area contributed by atoms with Gasteiger partial charge in [-0.3, -0.25) is 4.68 Å². The van der Waals surface area contributed by atoms with E-state index in [-0.39, 0.29) is 42.9 Å². The fourth-order valence-electron chi connectivity index (χ4n) is 2.73. The second-order valence-electron chi connectivity index (χ2n) is 5.91. The van der Waals surface area contributed by atoms with Gasteiger partial charge in [0.05, 0.1) is 18.2 Å². The summed E-state index contributed by atoms with van der Waals surface area (Å²) in [6, 6.07) is -0.116. The number of aliphatic imine (C=N–C) groups is 1. The van der Waals surface area contributed by atoms with Gasteiger partial charge in [-0.25, -0.2) is 4.99 Å². The van der Waals surface area contributed by atoms with Crippen molar-refractivity contribution in [2.45, 2.75) is 44.4 Å². The van der Waals surface area contributed by atoms with Crippen molar-refractivity contribution < 1.29 is 13.2 Å². The molecule has 0 aromatic carbocycles. The van der Waals surface area contributed by atoms with Crippen LogP contribution in [0.5, 0.6) is 0 Å². The molecule has 0 bridgehead atoms. The minimum absolute atomic E-state index is 0. The number of rotatable bonds is 3. The first-order valence-corrected chi connectivity index (χ1v) is 7.34. The lowest BCUT2D eigenvalue weighted by Crippen LogP contribution is -2.36.